The van der Waals surface area contributed by atoms with Crippen LogP contribution in [0, 0.1) is 0 Å². The Morgan fingerprint density at radius 3 is 2.75 bits per heavy atom. The Morgan fingerprint density at radius 1 is 1.44 bits per heavy atom. The van der Waals surface area contributed by atoms with Gasteiger partial charge in [0, 0.05) is 17.7 Å². The second-order valence-corrected chi connectivity index (χ2v) is 3.62. The number of methoxy groups -OCH3 is 1. The third kappa shape index (κ3) is 1.77. The number of aromatic amines is 1. The molecule has 0 amide bonds. The van der Waals surface area contributed by atoms with E-state index in [4.69, 9.17) is 22.1 Å². The maximum Gasteiger partial charge on any atom is 0.145 e. The summed E-state index contributed by atoms with van der Waals surface area (Å²) < 4.78 is 5.06. The van der Waals surface area contributed by atoms with Crippen LogP contribution in [0.5, 0.6) is 11.5 Å². The van der Waals surface area contributed by atoms with Crippen LogP contribution in [0.4, 0.5) is 5.82 Å². The molecule has 1 heterocycles. The highest BCUT2D eigenvalue weighted by Crippen LogP contribution is 2.38. The van der Waals surface area contributed by atoms with Gasteiger partial charge in [-0.15, -0.1) is 0 Å². The molecule has 2 aromatic rings. The van der Waals surface area contributed by atoms with Crippen LogP contribution in [0.15, 0.2) is 18.2 Å². The van der Waals surface area contributed by atoms with Gasteiger partial charge >= 0.3 is 0 Å². The quantitative estimate of drug-likeness (QED) is 0.749. The van der Waals surface area contributed by atoms with Gasteiger partial charge in [-0.05, 0) is 6.07 Å². The molecular formula is C10H10ClN3O2. The number of aromatic nitrogens is 2. The lowest BCUT2D eigenvalue weighted by Crippen LogP contribution is -1.86. The molecule has 4 N–H and O–H groups in total. The summed E-state index contributed by atoms with van der Waals surface area (Å²) in [5, 5.41) is 16.5. The number of nitrogens with one attached hydrogen (secondary N) is 1. The number of ether oxygens (including phenoxy) is 1. The Hall–Kier alpha value is -1.88. The fourth-order valence-corrected chi connectivity index (χ4v) is 1.58. The molecule has 0 aliphatic rings. The summed E-state index contributed by atoms with van der Waals surface area (Å²) in [6.45, 7) is 0. The number of anilines is 1. The predicted octanol–water partition coefficient (Wildman–Crippen LogP) is 2.03. The average molecular weight is 240 g/mol. The highest BCUT2D eigenvalue weighted by molar-refractivity contribution is 6.32. The van der Waals surface area contributed by atoms with Gasteiger partial charge in [0.2, 0.25) is 0 Å². The summed E-state index contributed by atoms with van der Waals surface area (Å²) in [4.78, 5) is 0. The highest BCUT2D eigenvalue weighted by atomic mass is 35.5. The van der Waals surface area contributed by atoms with Crippen molar-refractivity contribution < 1.29 is 9.84 Å². The lowest BCUT2D eigenvalue weighted by atomic mass is 10.1. The van der Waals surface area contributed by atoms with E-state index in [1.807, 2.05) is 0 Å². The lowest BCUT2D eigenvalue weighted by molar-refractivity contribution is 0.412. The number of benzene rings is 1. The van der Waals surface area contributed by atoms with Crippen LogP contribution in [0.2, 0.25) is 5.02 Å². The minimum atomic E-state index is -0.0360. The summed E-state index contributed by atoms with van der Waals surface area (Å²) in [6.07, 6.45) is 0. The smallest absolute Gasteiger partial charge is 0.145 e. The number of halogens is 1. The van der Waals surface area contributed by atoms with Crippen LogP contribution < -0.4 is 10.5 Å². The van der Waals surface area contributed by atoms with E-state index in [0.717, 1.165) is 0 Å². The molecule has 0 saturated heterocycles. The molecule has 1 aromatic carbocycles. The van der Waals surface area contributed by atoms with Crippen molar-refractivity contribution in [1.29, 1.82) is 0 Å². The molecule has 0 atom stereocenters. The SMILES string of the molecule is COc1cc(Cl)c(O)c(-c2cc(N)n[nH]2)c1. The van der Waals surface area contributed by atoms with Gasteiger partial charge in [0.25, 0.3) is 0 Å². The molecule has 0 fully saturated rings. The lowest BCUT2D eigenvalue weighted by Gasteiger charge is -2.07. The Balaban J connectivity index is 2.59. The van der Waals surface area contributed by atoms with E-state index >= 15 is 0 Å². The number of phenols is 1. The molecule has 0 aliphatic heterocycles. The van der Waals surface area contributed by atoms with E-state index in [1.54, 1.807) is 12.1 Å². The molecule has 5 nitrogen and oxygen atoms in total. The van der Waals surface area contributed by atoms with Gasteiger partial charge in [-0.1, -0.05) is 11.6 Å². The Bertz CT molecular complexity index is 525. The van der Waals surface area contributed by atoms with Crippen LogP contribution in [0.3, 0.4) is 0 Å². The number of nitrogens with zero attached hydrogens (tertiary/aromatic N) is 1. The minimum absolute atomic E-state index is 0.0360. The minimum Gasteiger partial charge on any atom is -0.506 e. The van der Waals surface area contributed by atoms with Crippen molar-refractivity contribution in [3.05, 3.63) is 23.2 Å². The molecule has 0 saturated carbocycles. The van der Waals surface area contributed by atoms with Gasteiger partial charge in [0.15, 0.2) is 0 Å². The first-order valence-corrected chi connectivity index (χ1v) is 4.87. The molecule has 0 unspecified atom stereocenters. The molecule has 0 bridgehead atoms. The zero-order chi connectivity index (χ0) is 11.7. The van der Waals surface area contributed by atoms with E-state index in [1.165, 1.54) is 13.2 Å². The molecule has 0 aliphatic carbocycles. The van der Waals surface area contributed by atoms with E-state index in [0.29, 0.717) is 22.8 Å². The van der Waals surface area contributed by atoms with Crippen molar-refractivity contribution in [3.63, 3.8) is 0 Å². The van der Waals surface area contributed by atoms with Crippen molar-refractivity contribution in [3.8, 4) is 22.8 Å². The second kappa shape index (κ2) is 3.94. The van der Waals surface area contributed by atoms with Crippen LogP contribution >= 0.6 is 11.6 Å². The zero-order valence-corrected chi connectivity index (χ0v) is 9.25. The topological polar surface area (TPSA) is 84.2 Å². The van der Waals surface area contributed by atoms with Crippen molar-refractivity contribution in [1.82, 2.24) is 10.2 Å². The zero-order valence-electron chi connectivity index (χ0n) is 8.49. The van der Waals surface area contributed by atoms with E-state index in [-0.39, 0.29) is 10.8 Å². The Kier molecular flexibility index (Phi) is 2.62. The molecule has 6 heteroatoms. The highest BCUT2D eigenvalue weighted by Gasteiger charge is 2.12. The maximum absolute atomic E-state index is 9.80. The third-order valence-electron chi connectivity index (χ3n) is 2.16. The number of phenolic OH excluding ortho intramolecular Hbond substituents is 1. The second-order valence-electron chi connectivity index (χ2n) is 3.21. The Labute approximate surface area is 96.8 Å². The molecular weight excluding hydrogens is 230 g/mol. The fourth-order valence-electron chi connectivity index (χ4n) is 1.37. The van der Waals surface area contributed by atoms with E-state index in [2.05, 4.69) is 10.2 Å². The maximum atomic E-state index is 9.80. The molecule has 16 heavy (non-hydrogen) atoms. The molecule has 2 rings (SSSR count). The van der Waals surface area contributed by atoms with Gasteiger partial charge < -0.3 is 15.6 Å². The number of hydrogen-bond acceptors (Lipinski definition) is 4. The van der Waals surface area contributed by atoms with Crippen molar-refractivity contribution in [2.24, 2.45) is 0 Å². The summed E-state index contributed by atoms with van der Waals surface area (Å²) >= 11 is 5.86. The molecule has 0 radical (unpaired) electrons. The number of hydrogen-bond donors (Lipinski definition) is 3. The summed E-state index contributed by atoms with van der Waals surface area (Å²) in [5.41, 5.74) is 6.56. The Morgan fingerprint density at radius 2 is 2.19 bits per heavy atom. The standard InChI is InChI=1S/C10H10ClN3O2/c1-16-5-2-6(10(15)7(11)3-5)8-4-9(12)14-13-8/h2-4,15H,1H3,(H3,12,13,14). The first kappa shape index (κ1) is 10.6. The first-order chi connectivity index (χ1) is 7.61. The van der Waals surface area contributed by atoms with Gasteiger partial charge in [-0.2, -0.15) is 5.10 Å². The van der Waals surface area contributed by atoms with Gasteiger partial charge in [-0.25, -0.2) is 0 Å². The van der Waals surface area contributed by atoms with Crippen LogP contribution in [0.1, 0.15) is 0 Å². The third-order valence-corrected chi connectivity index (χ3v) is 2.45. The van der Waals surface area contributed by atoms with E-state index in [9.17, 15) is 5.11 Å². The molecule has 0 spiro atoms. The largest absolute Gasteiger partial charge is 0.506 e. The van der Waals surface area contributed by atoms with E-state index < -0.39 is 0 Å². The van der Waals surface area contributed by atoms with Crippen LogP contribution in [0.25, 0.3) is 11.3 Å². The normalized spacial score (nSPS) is 10.4. The number of nitrogens with two attached hydrogens (primary N) is 1. The average Bonchev–Trinajstić information content (AvgIpc) is 2.68. The van der Waals surface area contributed by atoms with Crippen molar-refractivity contribution in [2.75, 3.05) is 12.8 Å². The first-order valence-electron chi connectivity index (χ1n) is 4.49. The van der Waals surface area contributed by atoms with Gasteiger partial charge in [-0.3, -0.25) is 5.10 Å². The number of nitrogen functional groups attached to an aromatic ring is 1. The van der Waals surface area contributed by atoms with Gasteiger partial charge in [0.05, 0.1) is 17.8 Å². The van der Waals surface area contributed by atoms with Crippen LogP contribution in [-0.4, -0.2) is 22.4 Å². The number of rotatable bonds is 2. The van der Waals surface area contributed by atoms with Gasteiger partial charge in [0.1, 0.15) is 17.3 Å². The van der Waals surface area contributed by atoms with Crippen molar-refractivity contribution in [2.45, 2.75) is 0 Å². The van der Waals surface area contributed by atoms with Crippen molar-refractivity contribution >= 4 is 17.4 Å². The number of aromatic hydroxyl groups is 1. The summed E-state index contributed by atoms with van der Waals surface area (Å²) in [5.74, 6) is 0.852. The number of H-pyrrole nitrogens is 1. The molecule has 84 valence electrons. The summed E-state index contributed by atoms with van der Waals surface area (Å²) in [7, 11) is 1.52. The fraction of sp³-hybridized carbons (Fsp3) is 0.100. The van der Waals surface area contributed by atoms with Crippen LogP contribution in [-0.2, 0) is 0 Å². The predicted molar refractivity (Wildman–Crippen MR) is 61.7 cm³/mol. The monoisotopic (exact) mass is 239 g/mol. The molecule has 1 aromatic heterocycles. The summed E-state index contributed by atoms with van der Waals surface area (Å²) in [6, 6.07) is 4.78.